The minimum atomic E-state index is -0.345. The number of halogens is 1. The smallest absolute Gasteiger partial charge is 0.408 e. The van der Waals surface area contributed by atoms with Crippen LogP contribution in [0.1, 0.15) is 24.8 Å². The summed E-state index contributed by atoms with van der Waals surface area (Å²) >= 11 is 6.26. The second kappa shape index (κ2) is 3.98. The standard InChI is InChI=1S/C12H14ClNO2/c1-7(2)11(13)8-4-5-9-10(6-8)16-12(15)14(9)3/h4-7,11H,1-3H3. The Hall–Kier alpha value is -1.22. The monoisotopic (exact) mass is 239 g/mol. The van der Waals surface area contributed by atoms with Crippen molar-refractivity contribution in [2.45, 2.75) is 19.2 Å². The molecular formula is C12H14ClNO2. The number of nitrogens with zero attached hydrogens (tertiary/aromatic N) is 1. The van der Waals surface area contributed by atoms with Crippen LogP contribution < -0.4 is 5.76 Å². The van der Waals surface area contributed by atoms with E-state index in [1.54, 1.807) is 7.05 Å². The zero-order chi connectivity index (χ0) is 11.9. The molecule has 0 amide bonds. The zero-order valence-corrected chi connectivity index (χ0v) is 10.3. The van der Waals surface area contributed by atoms with E-state index in [1.165, 1.54) is 4.57 Å². The number of hydrogen-bond donors (Lipinski definition) is 0. The van der Waals surface area contributed by atoms with Gasteiger partial charge in [-0.1, -0.05) is 19.9 Å². The molecule has 2 aromatic rings. The summed E-state index contributed by atoms with van der Waals surface area (Å²) in [6.07, 6.45) is 0. The average Bonchev–Trinajstić information content (AvgIpc) is 2.53. The van der Waals surface area contributed by atoms with Crippen LogP contribution in [0.3, 0.4) is 0 Å². The Labute approximate surface area is 98.6 Å². The third-order valence-corrected chi connectivity index (χ3v) is 3.48. The van der Waals surface area contributed by atoms with Crippen LogP contribution in [-0.4, -0.2) is 4.57 Å². The second-order valence-corrected chi connectivity index (χ2v) is 4.77. The maximum absolute atomic E-state index is 11.3. The minimum absolute atomic E-state index is 0.0603. The third-order valence-electron chi connectivity index (χ3n) is 2.72. The number of fused-ring (bicyclic) bond motifs is 1. The summed E-state index contributed by atoms with van der Waals surface area (Å²) in [4.78, 5) is 11.3. The van der Waals surface area contributed by atoms with Crippen LogP contribution in [0.2, 0.25) is 0 Å². The van der Waals surface area contributed by atoms with Gasteiger partial charge >= 0.3 is 5.76 Å². The number of oxazole rings is 1. The molecule has 0 saturated heterocycles. The fourth-order valence-corrected chi connectivity index (χ4v) is 1.84. The number of aromatic nitrogens is 1. The Morgan fingerprint density at radius 1 is 1.38 bits per heavy atom. The molecule has 0 saturated carbocycles. The van der Waals surface area contributed by atoms with E-state index in [1.807, 2.05) is 18.2 Å². The molecule has 1 atom stereocenters. The SMILES string of the molecule is CC(C)C(Cl)c1ccc2c(c1)oc(=O)n2C. The normalized spacial score (nSPS) is 13.6. The van der Waals surface area contributed by atoms with Crippen LogP contribution in [0, 0.1) is 5.92 Å². The largest absolute Gasteiger partial charge is 0.419 e. The first-order valence-electron chi connectivity index (χ1n) is 5.24. The highest BCUT2D eigenvalue weighted by Gasteiger charge is 2.14. The van der Waals surface area contributed by atoms with E-state index in [0.717, 1.165) is 11.1 Å². The molecule has 1 aromatic heterocycles. The summed E-state index contributed by atoms with van der Waals surface area (Å²) in [7, 11) is 1.69. The first kappa shape index (κ1) is 11.3. The lowest BCUT2D eigenvalue weighted by atomic mass is 10.0. The fourth-order valence-electron chi connectivity index (χ4n) is 1.71. The van der Waals surface area contributed by atoms with Crippen molar-refractivity contribution in [1.82, 2.24) is 4.57 Å². The maximum Gasteiger partial charge on any atom is 0.419 e. The van der Waals surface area contributed by atoms with Gasteiger partial charge in [0, 0.05) is 7.05 Å². The van der Waals surface area contributed by atoms with Gasteiger partial charge in [0.15, 0.2) is 5.58 Å². The van der Waals surface area contributed by atoms with E-state index in [0.29, 0.717) is 11.5 Å². The number of aryl methyl sites for hydroxylation is 1. The molecule has 0 aliphatic carbocycles. The first-order chi connectivity index (χ1) is 7.50. The second-order valence-electron chi connectivity index (χ2n) is 4.30. The molecule has 0 aliphatic heterocycles. The zero-order valence-electron chi connectivity index (χ0n) is 9.53. The number of benzene rings is 1. The first-order valence-corrected chi connectivity index (χ1v) is 5.68. The fraction of sp³-hybridized carbons (Fsp3) is 0.417. The van der Waals surface area contributed by atoms with Gasteiger partial charge < -0.3 is 4.42 Å². The van der Waals surface area contributed by atoms with Crippen LogP contribution >= 0.6 is 11.6 Å². The van der Waals surface area contributed by atoms with Crippen molar-refractivity contribution in [3.05, 3.63) is 34.3 Å². The number of rotatable bonds is 2. The van der Waals surface area contributed by atoms with Crippen LogP contribution in [0.15, 0.2) is 27.4 Å². The lowest BCUT2D eigenvalue weighted by Gasteiger charge is -2.13. The van der Waals surface area contributed by atoms with Crippen molar-refractivity contribution >= 4 is 22.7 Å². The Bertz CT molecular complexity index is 568. The van der Waals surface area contributed by atoms with E-state index in [-0.39, 0.29) is 11.1 Å². The number of alkyl halides is 1. The van der Waals surface area contributed by atoms with Crippen molar-refractivity contribution in [3.63, 3.8) is 0 Å². The van der Waals surface area contributed by atoms with Crippen LogP contribution in [-0.2, 0) is 7.05 Å². The highest BCUT2D eigenvalue weighted by Crippen LogP contribution is 2.30. The molecule has 16 heavy (non-hydrogen) atoms. The van der Waals surface area contributed by atoms with Crippen LogP contribution in [0.4, 0.5) is 0 Å². The Kier molecular flexibility index (Phi) is 2.80. The van der Waals surface area contributed by atoms with Crippen molar-refractivity contribution in [2.24, 2.45) is 13.0 Å². The summed E-state index contributed by atoms with van der Waals surface area (Å²) in [6.45, 7) is 4.12. The molecule has 0 spiro atoms. The number of hydrogen-bond acceptors (Lipinski definition) is 2. The summed E-state index contributed by atoms with van der Waals surface area (Å²) < 4.78 is 6.60. The molecule has 1 aromatic carbocycles. The highest BCUT2D eigenvalue weighted by atomic mass is 35.5. The van der Waals surface area contributed by atoms with E-state index >= 15 is 0 Å². The summed E-state index contributed by atoms with van der Waals surface area (Å²) in [6, 6.07) is 5.65. The quantitative estimate of drug-likeness (QED) is 0.755. The summed E-state index contributed by atoms with van der Waals surface area (Å²) in [5.74, 6) is -0.00243. The highest BCUT2D eigenvalue weighted by molar-refractivity contribution is 6.21. The van der Waals surface area contributed by atoms with Crippen molar-refractivity contribution in [3.8, 4) is 0 Å². The lowest BCUT2D eigenvalue weighted by molar-refractivity contribution is 0.527. The molecular weight excluding hydrogens is 226 g/mol. The average molecular weight is 240 g/mol. The van der Waals surface area contributed by atoms with Gasteiger partial charge in [-0.3, -0.25) is 4.57 Å². The molecule has 0 radical (unpaired) electrons. The predicted octanol–water partition coefficient (Wildman–Crippen LogP) is 3.07. The van der Waals surface area contributed by atoms with E-state index < -0.39 is 0 Å². The van der Waals surface area contributed by atoms with E-state index in [2.05, 4.69) is 13.8 Å². The van der Waals surface area contributed by atoms with Gasteiger partial charge in [0.25, 0.3) is 0 Å². The molecule has 4 heteroatoms. The molecule has 1 heterocycles. The molecule has 1 unspecified atom stereocenters. The van der Waals surface area contributed by atoms with Crippen molar-refractivity contribution < 1.29 is 4.42 Å². The van der Waals surface area contributed by atoms with Gasteiger partial charge in [0.1, 0.15) is 0 Å². The van der Waals surface area contributed by atoms with Crippen LogP contribution in [0.5, 0.6) is 0 Å². The summed E-state index contributed by atoms with van der Waals surface area (Å²) in [5, 5.41) is -0.0603. The third kappa shape index (κ3) is 1.76. The summed E-state index contributed by atoms with van der Waals surface area (Å²) in [5.41, 5.74) is 2.37. The molecule has 0 N–H and O–H groups in total. The van der Waals surface area contributed by atoms with Gasteiger partial charge in [0.05, 0.1) is 10.9 Å². The molecule has 0 fully saturated rings. The van der Waals surface area contributed by atoms with E-state index in [4.69, 9.17) is 16.0 Å². The Morgan fingerprint density at radius 3 is 2.69 bits per heavy atom. The lowest BCUT2D eigenvalue weighted by Crippen LogP contribution is -2.08. The van der Waals surface area contributed by atoms with Crippen LogP contribution in [0.25, 0.3) is 11.1 Å². The van der Waals surface area contributed by atoms with Crippen molar-refractivity contribution in [2.75, 3.05) is 0 Å². The molecule has 3 nitrogen and oxygen atoms in total. The predicted molar refractivity (Wildman–Crippen MR) is 64.9 cm³/mol. The Morgan fingerprint density at radius 2 is 2.06 bits per heavy atom. The molecule has 0 aliphatic rings. The molecule has 0 bridgehead atoms. The van der Waals surface area contributed by atoms with Gasteiger partial charge in [0.2, 0.25) is 0 Å². The van der Waals surface area contributed by atoms with Gasteiger partial charge in [-0.05, 0) is 23.6 Å². The molecule has 86 valence electrons. The maximum atomic E-state index is 11.3. The van der Waals surface area contributed by atoms with Gasteiger partial charge in [-0.15, -0.1) is 11.6 Å². The topological polar surface area (TPSA) is 35.1 Å². The Balaban J connectivity index is 2.57. The molecule has 2 rings (SSSR count). The van der Waals surface area contributed by atoms with Crippen molar-refractivity contribution in [1.29, 1.82) is 0 Å². The van der Waals surface area contributed by atoms with Gasteiger partial charge in [-0.25, -0.2) is 4.79 Å². The van der Waals surface area contributed by atoms with Gasteiger partial charge in [-0.2, -0.15) is 0 Å². The van der Waals surface area contributed by atoms with E-state index in [9.17, 15) is 4.79 Å². The minimum Gasteiger partial charge on any atom is -0.408 e.